The zero-order chi connectivity index (χ0) is 17.6. The highest BCUT2D eigenvalue weighted by Crippen LogP contribution is 2.32. The third-order valence-corrected chi connectivity index (χ3v) is 6.36. The van der Waals surface area contributed by atoms with Crippen molar-refractivity contribution in [2.75, 3.05) is 6.54 Å². The molecule has 0 aliphatic heterocycles. The van der Waals surface area contributed by atoms with Crippen molar-refractivity contribution in [3.05, 3.63) is 27.5 Å². The van der Waals surface area contributed by atoms with Crippen LogP contribution in [0.3, 0.4) is 0 Å². The van der Waals surface area contributed by atoms with E-state index in [0.717, 1.165) is 32.8 Å². The van der Waals surface area contributed by atoms with Gasteiger partial charge in [-0.25, -0.2) is 4.98 Å². The zero-order valence-corrected chi connectivity index (χ0v) is 16.1. The molecule has 0 radical (unpaired) electrons. The van der Waals surface area contributed by atoms with E-state index in [9.17, 15) is 9.59 Å². The quantitative estimate of drug-likeness (QED) is 0.749. The number of nitrogens with one attached hydrogen (secondary N) is 2. The Bertz CT molecular complexity index is 738. The fraction of sp³-hybridized carbons (Fsp3) is 0.471. The number of thiophene rings is 1. The summed E-state index contributed by atoms with van der Waals surface area (Å²) in [5.41, 5.74) is 0.734. The van der Waals surface area contributed by atoms with E-state index in [1.54, 1.807) is 0 Å². The molecule has 1 saturated carbocycles. The number of halogens is 1. The molecule has 0 bridgehead atoms. The van der Waals surface area contributed by atoms with Crippen LogP contribution in [-0.4, -0.2) is 29.4 Å². The summed E-state index contributed by atoms with van der Waals surface area (Å²) in [4.78, 5) is 29.3. The van der Waals surface area contributed by atoms with Crippen molar-refractivity contribution >= 4 is 46.1 Å². The summed E-state index contributed by atoms with van der Waals surface area (Å²) in [6, 6.07) is 4.09. The molecule has 1 aliphatic carbocycles. The van der Waals surface area contributed by atoms with Crippen molar-refractivity contribution in [3.63, 3.8) is 0 Å². The summed E-state index contributed by atoms with van der Waals surface area (Å²) in [7, 11) is 0. The smallest absolute Gasteiger partial charge is 0.226 e. The first-order valence-electron chi connectivity index (χ1n) is 8.36. The van der Waals surface area contributed by atoms with Gasteiger partial charge in [0.2, 0.25) is 11.8 Å². The molecule has 2 amide bonds. The number of rotatable bonds is 7. The van der Waals surface area contributed by atoms with E-state index in [1.807, 2.05) is 17.5 Å². The van der Waals surface area contributed by atoms with Crippen LogP contribution in [0.15, 0.2) is 17.5 Å². The number of carbonyl (C=O) groups excluding carboxylic acids is 2. The Morgan fingerprint density at radius 2 is 2.04 bits per heavy atom. The van der Waals surface area contributed by atoms with Crippen LogP contribution in [0, 0.1) is 0 Å². The second-order valence-electron chi connectivity index (χ2n) is 6.07. The minimum Gasteiger partial charge on any atom is -0.355 e. The average molecular weight is 398 g/mol. The molecule has 0 unspecified atom stereocenters. The lowest BCUT2D eigenvalue weighted by Crippen LogP contribution is -2.35. The van der Waals surface area contributed by atoms with Gasteiger partial charge < -0.3 is 10.6 Å². The molecule has 134 valence electrons. The molecule has 2 aromatic rings. The second-order valence-corrected chi connectivity index (χ2v) is 8.65. The van der Waals surface area contributed by atoms with Crippen LogP contribution in [0.4, 0.5) is 0 Å². The van der Waals surface area contributed by atoms with E-state index in [0.29, 0.717) is 19.0 Å². The largest absolute Gasteiger partial charge is 0.355 e. The Morgan fingerprint density at radius 3 is 2.76 bits per heavy atom. The Balaban J connectivity index is 1.39. The van der Waals surface area contributed by atoms with Crippen LogP contribution in [0.1, 0.15) is 37.8 Å². The maximum atomic E-state index is 12.0. The van der Waals surface area contributed by atoms with Gasteiger partial charge in [-0.1, -0.05) is 24.4 Å². The van der Waals surface area contributed by atoms with Crippen molar-refractivity contribution in [2.24, 2.45) is 0 Å². The summed E-state index contributed by atoms with van der Waals surface area (Å²) in [5.74, 6) is -0.104. The fourth-order valence-electron chi connectivity index (χ4n) is 2.84. The lowest BCUT2D eigenvalue weighted by Gasteiger charge is -2.11. The highest BCUT2D eigenvalue weighted by molar-refractivity contribution is 7.23. The van der Waals surface area contributed by atoms with Crippen molar-refractivity contribution in [1.29, 1.82) is 0 Å². The number of carbonyl (C=O) groups is 2. The molecule has 2 N–H and O–H groups in total. The van der Waals surface area contributed by atoms with Gasteiger partial charge in [0.25, 0.3) is 0 Å². The molecule has 25 heavy (non-hydrogen) atoms. The van der Waals surface area contributed by atoms with Crippen molar-refractivity contribution in [2.45, 2.75) is 44.6 Å². The van der Waals surface area contributed by atoms with Gasteiger partial charge >= 0.3 is 0 Å². The van der Waals surface area contributed by atoms with Crippen molar-refractivity contribution in [3.8, 4) is 9.88 Å². The molecule has 0 spiro atoms. The van der Waals surface area contributed by atoms with E-state index in [4.69, 9.17) is 11.6 Å². The molecule has 0 aromatic carbocycles. The summed E-state index contributed by atoms with van der Waals surface area (Å²) in [5, 5.41) is 8.56. The second kappa shape index (κ2) is 8.78. The average Bonchev–Trinajstić information content (AvgIpc) is 3.29. The van der Waals surface area contributed by atoms with Gasteiger partial charge in [0.1, 0.15) is 5.01 Å². The highest BCUT2D eigenvalue weighted by Gasteiger charge is 2.17. The summed E-state index contributed by atoms with van der Waals surface area (Å²) in [6.45, 7) is 0.356. The number of amides is 2. The van der Waals surface area contributed by atoms with E-state index in [1.165, 1.54) is 35.5 Å². The summed E-state index contributed by atoms with van der Waals surface area (Å²) in [6.07, 6.45) is 5.06. The van der Waals surface area contributed by atoms with Crippen LogP contribution in [0.25, 0.3) is 9.88 Å². The van der Waals surface area contributed by atoms with E-state index < -0.39 is 0 Å². The Labute approximate surface area is 159 Å². The number of aromatic nitrogens is 1. The normalized spacial score (nSPS) is 14.6. The molecule has 2 heterocycles. The lowest BCUT2D eigenvalue weighted by molar-refractivity contribution is -0.122. The van der Waals surface area contributed by atoms with Gasteiger partial charge in [-0.3, -0.25) is 9.59 Å². The SMILES string of the molecule is O=C(Cc1csc(-c2ccc(Cl)s2)n1)NCCC(=O)NC1CCCC1. The topological polar surface area (TPSA) is 71.1 Å². The zero-order valence-electron chi connectivity index (χ0n) is 13.7. The van der Waals surface area contributed by atoms with Gasteiger partial charge in [-0.2, -0.15) is 0 Å². The first-order valence-corrected chi connectivity index (χ1v) is 10.4. The molecular formula is C17H20ClN3O2S2. The number of hydrogen-bond donors (Lipinski definition) is 2. The minimum atomic E-state index is -0.116. The summed E-state index contributed by atoms with van der Waals surface area (Å²) < 4.78 is 0.723. The van der Waals surface area contributed by atoms with Gasteiger partial charge in [0.05, 0.1) is 21.3 Å². The molecule has 1 fully saturated rings. The third-order valence-electron chi connectivity index (χ3n) is 4.07. The Hall–Kier alpha value is -1.44. The maximum absolute atomic E-state index is 12.0. The van der Waals surface area contributed by atoms with Crippen LogP contribution in [0.5, 0.6) is 0 Å². The maximum Gasteiger partial charge on any atom is 0.226 e. The number of hydrogen-bond acceptors (Lipinski definition) is 5. The van der Waals surface area contributed by atoms with Gasteiger partial charge in [-0.05, 0) is 25.0 Å². The molecule has 0 atom stereocenters. The van der Waals surface area contributed by atoms with Crippen molar-refractivity contribution < 1.29 is 9.59 Å². The molecule has 5 nitrogen and oxygen atoms in total. The number of thiazole rings is 1. The fourth-order valence-corrected chi connectivity index (χ4v) is 4.78. The number of nitrogens with zero attached hydrogens (tertiary/aromatic N) is 1. The summed E-state index contributed by atoms with van der Waals surface area (Å²) >= 11 is 8.91. The predicted octanol–water partition coefficient (Wildman–Crippen LogP) is 3.63. The van der Waals surface area contributed by atoms with Crippen molar-refractivity contribution in [1.82, 2.24) is 15.6 Å². The first-order chi connectivity index (χ1) is 12.1. The van der Waals surface area contributed by atoms with Crippen LogP contribution in [-0.2, 0) is 16.0 Å². The highest BCUT2D eigenvalue weighted by atomic mass is 35.5. The standard InChI is InChI=1S/C17H20ClN3O2S2/c18-14-6-5-13(25-14)17-21-12(10-24-17)9-16(23)19-8-7-15(22)20-11-3-1-2-4-11/h5-6,10-11H,1-4,7-9H2,(H,19,23)(H,20,22). The molecular weight excluding hydrogens is 378 g/mol. The van der Waals surface area contributed by atoms with Crippen LogP contribution >= 0.6 is 34.3 Å². The monoisotopic (exact) mass is 397 g/mol. The Morgan fingerprint density at radius 1 is 1.24 bits per heavy atom. The first kappa shape index (κ1) is 18.4. The van der Waals surface area contributed by atoms with E-state index >= 15 is 0 Å². The molecule has 8 heteroatoms. The molecule has 1 aliphatic rings. The molecule has 3 rings (SSSR count). The van der Waals surface area contributed by atoms with E-state index in [2.05, 4.69) is 15.6 Å². The predicted molar refractivity (Wildman–Crippen MR) is 102 cm³/mol. The van der Waals surface area contributed by atoms with Crippen LogP contribution in [0.2, 0.25) is 4.34 Å². The van der Waals surface area contributed by atoms with Gasteiger partial charge in [-0.15, -0.1) is 22.7 Å². The molecule has 2 aromatic heterocycles. The minimum absolute atomic E-state index is 0.0118. The van der Waals surface area contributed by atoms with Crippen LogP contribution < -0.4 is 10.6 Å². The Kier molecular flexibility index (Phi) is 6.45. The van der Waals surface area contributed by atoms with Gasteiger partial charge in [0, 0.05) is 24.4 Å². The van der Waals surface area contributed by atoms with Gasteiger partial charge in [0.15, 0.2) is 0 Å². The third kappa shape index (κ3) is 5.52. The van der Waals surface area contributed by atoms with E-state index in [-0.39, 0.29) is 18.2 Å². The lowest BCUT2D eigenvalue weighted by atomic mass is 10.2. The molecule has 0 saturated heterocycles.